The third-order valence-corrected chi connectivity index (χ3v) is 2.36. The van der Waals surface area contributed by atoms with Crippen LogP contribution >= 0.6 is 0 Å². The van der Waals surface area contributed by atoms with Crippen LogP contribution in [0.3, 0.4) is 0 Å². The number of rotatable bonds is 6. The quantitative estimate of drug-likeness (QED) is 0.385. The molecule has 0 saturated carbocycles. The first-order valence-corrected chi connectivity index (χ1v) is 5.87. The van der Waals surface area contributed by atoms with Gasteiger partial charge in [0.15, 0.2) is 0 Å². The van der Waals surface area contributed by atoms with Crippen LogP contribution in [0.4, 0.5) is 0 Å². The molecule has 0 rings (SSSR count). The molecular weight excluding hydrogens is 254 g/mol. The maximum Gasteiger partial charge on any atom is 0.319 e. The van der Waals surface area contributed by atoms with Crippen molar-refractivity contribution >= 4 is 23.9 Å². The van der Waals surface area contributed by atoms with E-state index in [0.29, 0.717) is 17.6 Å². The van der Waals surface area contributed by atoms with E-state index in [9.17, 15) is 19.2 Å². The van der Waals surface area contributed by atoms with Gasteiger partial charge in [-0.25, -0.2) is 0 Å². The molecule has 0 N–H and O–H groups in total. The average molecular weight is 274 g/mol. The van der Waals surface area contributed by atoms with Crippen molar-refractivity contribution in [3.8, 4) is 0 Å². The molecular formula is C12H20NO6+. The highest BCUT2D eigenvalue weighted by Gasteiger charge is 2.20. The van der Waals surface area contributed by atoms with E-state index in [2.05, 4.69) is 9.47 Å². The molecule has 0 heterocycles. The molecule has 7 nitrogen and oxygen atoms in total. The highest BCUT2D eigenvalue weighted by molar-refractivity contribution is 5.84. The van der Waals surface area contributed by atoms with Crippen LogP contribution in [0.2, 0.25) is 0 Å². The van der Waals surface area contributed by atoms with Crippen LogP contribution in [0, 0.1) is 0 Å². The molecule has 0 aliphatic rings. The number of esters is 4. The standard InChI is InChI=1S/C12H20NO6/c1-9(14)18-11(16)5-7-13(3,4)8-6-12(17)19-10(2)15/h5-8H2,1-4H3/q+1. The normalized spacial score (nSPS) is 10.7. The van der Waals surface area contributed by atoms with E-state index >= 15 is 0 Å². The van der Waals surface area contributed by atoms with Gasteiger partial charge in [-0.1, -0.05) is 0 Å². The van der Waals surface area contributed by atoms with Gasteiger partial charge in [-0.2, -0.15) is 0 Å². The monoisotopic (exact) mass is 274 g/mol. The van der Waals surface area contributed by atoms with Crippen LogP contribution in [0.25, 0.3) is 0 Å². The SMILES string of the molecule is CC(=O)OC(=O)CC[N+](C)(C)CCC(=O)OC(C)=O. The van der Waals surface area contributed by atoms with Gasteiger partial charge in [0.05, 0.1) is 40.0 Å². The van der Waals surface area contributed by atoms with Gasteiger partial charge in [0.1, 0.15) is 0 Å². The van der Waals surface area contributed by atoms with Crippen LogP contribution in [0.1, 0.15) is 26.7 Å². The summed E-state index contributed by atoms with van der Waals surface area (Å²) in [6.07, 6.45) is 0.155. The lowest BCUT2D eigenvalue weighted by atomic mass is 10.3. The second-order valence-corrected chi connectivity index (χ2v) is 4.81. The molecule has 0 aromatic carbocycles. The van der Waals surface area contributed by atoms with Gasteiger partial charge >= 0.3 is 23.9 Å². The fraction of sp³-hybridized carbons (Fsp3) is 0.667. The number of ether oxygens (including phenoxy) is 2. The van der Waals surface area contributed by atoms with E-state index in [0.717, 1.165) is 13.8 Å². The molecule has 0 aliphatic carbocycles. The minimum atomic E-state index is -0.639. The Labute approximate surface area is 112 Å². The van der Waals surface area contributed by atoms with Gasteiger partial charge in [0.2, 0.25) is 0 Å². The van der Waals surface area contributed by atoms with Gasteiger partial charge in [-0.3, -0.25) is 19.2 Å². The van der Waals surface area contributed by atoms with Gasteiger partial charge in [0, 0.05) is 13.8 Å². The van der Waals surface area contributed by atoms with Crippen molar-refractivity contribution in [1.29, 1.82) is 0 Å². The number of hydrogen-bond donors (Lipinski definition) is 0. The molecule has 0 aliphatic heterocycles. The zero-order valence-corrected chi connectivity index (χ0v) is 11.7. The van der Waals surface area contributed by atoms with Crippen LogP contribution in [0.5, 0.6) is 0 Å². The predicted molar refractivity (Wildman–Crippen MR) is 64.6 cm³/mol. The fourth-order valence-corrected chi connectivity index (χ4v) is 1.32. The van der Waals surface area contributed by atoms with Crippen molar-refractivity contribution in [1.82, 2.24) is 0 Å². The lowest BCUT2D eigenvalue weighted by molar-refractivity contribution is -0.889. The van der Waals surface area contributed by atoms with Crippen molar-refractivity contribution in [2.24, 2.45) is 0 Å². The Kier molecular flexibility index (Phi) is 6.92. The van der Waals surface area contributed by atoms with Crippen LogP contribution in [0.15, 0.2) is 0 Å². The number of carbonyl (C=O) groups is 4. The lowest BCUT2D eigenvalue weighted by Crippen LogP contribution is -2.43. The zero-order chi connectivity index (χ0) is 15.1. The smallest absolute Gasteiger partial charge is 0.319 e. The van der Waals surface area contributed by atoms with E-state index in [1.807, 2.05) is 14.1 Å². The van der Waals surface area contributed by atoms with Crippen LogP contribution < -0.4 is 0 Å². The van der Waals surface area contributed by atoms with Crippen molar-refractivity contribution in [3.05, 3.63) is 0 Å². The Morgan fingerprint density at radius 1 is 0.789 bits per heavy atom. The average Bonchev–Trinajstić information content (AvgIpc) is 2.22. The summed E-state index contributed by atoms with van der Waals surface area (Å²) in [4.78, 5) is 43.5. The van der Waals surface area contributed by atoms with Crippen molar-refractivity contribution in [3.63, 3.8) is 0 Å². The molecule has 19 heavy (non-hydrogen) atoms. The Morgan fingerprint density at radius 3 is 1.37 bits per heavy atom. The molecule has 108 valence electrons. The third-order valence-electron chi connectivity index (χ3n) is 2.36. The Hall–Kier alpha value is -1.76. The zero-order valence-electron chi connectivity index (χ0n) is 11.7. The number of quaternary nitrogens is 1. The van der Waals surface area contributed by atoms with Crippen molar-refractivity contribution in [2.75, 3.05) is 27.2 Å². The summed E-state index contributed by atoms with van der Waals surface area (Å²) in [5.74, 6) is -2.46. The maximum absolute atomic E-state index is 11.2. The summed E-state index contributed by atoms with van der Waals surface area (Å²) in [7, 11) is 3.64. The minimum Gasteiger partial charge on any atom is -0.393 e. The Morgan fingerprint density at radius 2 is 1.11 bits per heavy atom. The molecule has 0 amide bonds. The first-order valence-electron chi connectivity index (χ1n) is 5.87. The summed E-state index contributed by atoms with van der Waals surface area (Å²) in [5, 5.41) is 0. The Balaban J connectivity index is 4.04. The summed E-state index contributed by atoms with van der Waals surface area (Å²) >= 11 is 0. The summed E-state index contributed by atoms with van der Waals surface area (Å²) in [5.41, 5.74) is 0. The molecule has 0 aromatic rings. The topological polar surface area (TPSA) is 86.7 Å². The fourth-order valence-electron chi connectivity index (χ4n) is 1.32. The summed E-state index contributed by atoms with van der Waals surface area (Å²) in [6, 6.07) is 0. The van der Waals surface area contributed by atoms with E-state index in [4.69, 9.17) is 0 Å². The number of nitrogens with zero attached hydrogens (tertiary/aromatic N) is 1. The second-order valence-electron chi connectivity index (χ2n) is 4.81. The van der Waals surface area contributed by atoms with E-state index in [1.54, 1.807) is 0 Å². The first kappa shape index (κ1) is 17.2. The molecule has 0 unspecified atom stereocenters. The van der Waals surface area contributed by atoms with E-state index in [1.165, 1.54) is 0 Å². The number of hydrogen-bond acceptors (Lipinski definition) is 6. The molecule has 0 atom stereocenters. The number of carbonyl (C=O) groups excluding carboxylic acids is 4. The highest BCUT2D eigenvalue weighted by Crippen LogP contribution is 2.03. The molecule has 0 fully saturated rings. The predicted octanol–water partition coefficient (Wildman–Crippen LogP) is 0.0224. The van der Waals surface area contributed by atoms with E-state index < -0.39 is 23.9 Å². The van der Waals surface area contributed by atoms with Gasteiger partial charge in [-0.05, 0) is 0 Å². The summed E-state index contributed by atoms with van der Waals surface area (Å²) in [6.45, 7) is 3.16. The molecule has 0 radical (unpaired) electrons. The van der Waals surface area contributed by atoms with Crippen LogP contribution in [-0.2, 0) is 28.7 Å². The molecule has 0 spiro atoms. The van der Waals surface area contributed by atoms with Crippen molar-refractivity contribution in [2.45, 2.75) is 26.7 Å². The van der Waals surface area contributed by atoms with Crippen LogP contribution in [-0.4, -0.2) is 55.5 Å². The third kappa shape index (κ3) is 9.90. The highest BCUT2D eigenvalue weighted by atomic mass is 16.6. The van der Waals surface area contributed by atoms with Gasteiger partial charge in [0.25, 0.3) is 0 Å². The minimum absolute atomic E-state index is 0.0777. The largest absolute Gasteiger partial charge is 0.393 e. The van der Waals surface area contributed by atoms with E-state index in [-0.39, 0.29) is 12.8 Å². The maximum atomic E-state index is 11.2. The Bertz CT molecular complexity index is 340. The molecule has 0 bridgehead atoms. The molecule has 7 heteroatoms. The van der Waals surface area contributed by atoms with Gasteiger partial charge < -0.3 is 14.0 Å². The molecule has 0 saturated heterocycles. The molecule has 0 aromatic heterocycles. The second kappa shape index (κ2) is 7.63. The first-order chi connectivity index (χ1) is 8.62. The summed E-state index contributed by atoms with van der Waals surface area (Å²) < 4.78 is 9.17. The van der Waals surface area contributed by atoms with Crippen molar-refractivity contribution < 1.29 is 33.1 Å². The van der Waals surface area contributed by atoms with Gasteiger partial charge in [-0.15, -0.1) is 0 Å². The lowest BCUT2D eigenvalue weighted by Gasteiger charge is -2.28.